The molecule has 0 spiro atoms. The lowest BCUT2D eigenvalue weighted by atomic mass is 10.1. The highest BCUT2D eigenvalue weighted by Crippen LogP contribution is 2.29. The van der Waals surface area contributed by atoms with E-state index < -0.39 is 35.8 Å². The van der Waals surface area contributed by atoms with Gasteiger partial charge in [0.15, 0.2) is 0 Å². The Bertz CT molecular complexity index is 1240. The van der Waals surface area contributed by atoms with E-state index in [0.717, 1.165) is 4.90 Å². The zero-order valence-corrected chi connectivity index (χ0v) is 19.3. The molecule has 0 saturated heterocycles. The van der Waals surface area contributed by atoms with Gasteiger partial charge in [-0.3, -0.25) is 19.3 Å². The molecular weight excluding hydrogens is 448 g/mol. The fourth-order valence-electron chi connectivity index (χ4n) is 3.83. The number of nitrogens with zero attached hydrogens (tertiary/aromatic N) is 1. The first kappa shape index (κ1) is 23.7. The maximum absolute atomic E-state index is 13.3. The average molecular weight is 472 g/mol. The molecule has 0 aromatic heterocycles. The van der Waals surface area contributed by atoms with Crippen LogP contribution in [0.15, 0.2) is 78.9 Å². The molecule has 1 aliphatic heterocycles. The van der Waals surface area contributed by atoms with Crippen LogP contribution in [0, 0.1) is 0 Å². The van der Waals surface area contributed by atoms with Gasteiger partial charge < -0.3 is 14.8 Å². The second-order valence-electron chi connectivity index (χ2n) is 7.85. The van der Waals surface area contributed by atoms with Crippen molar-refractivity contribution in [3.05, 3.63) is 95.6 Å². The van der Waals surface area contributed by atoms with E-state index in [4.69, 9.17) is 9.47 Å². The second kappa shape index (κ2) is 10.2. The molecule has 35 heavy (non-hydrogen) atoms. The van der Waals surface area contributed by atoms with Crippen molar-refractivity contribution in [3.8, 4) is 5.75 Å². The largest absolute Gasteiger partial charge is 0.492 e. The molecule has 0 saturated carbocycles. The van der Waals surface area contributed by atoms with Gasteiger partial charge in [0.05, 0.1) is 23.4 Å². The van der Waals surface area contributed by atoms with Crippen molar-refractivity contribution in [1.29, 1.82) is 0 Å². The molecule has 0 aliphatic carbocycles. The highest BCUT2D eigenvalue weighted by molar-refractivity contribution is 6.22. The van der Waals surface area contributed by atoms with Gasteiger partial charge in [0.2, 0.25) is 6.10 Å². The molecule has 1 aliphatic rings. The molecule has 3 aromatic carbocycles. The first-order valence-electron chi connectivity index (χ1n) is 11.2. The summed E-state index contributed by atoms with van der Waals surface area (Å²) in [5.74, 6) is -2.18. The average Bonchev–Trinajstić information content (AvgIpc) is 3.13. The van der Waals surface area contributed by atoms with E-state index in [9.17, 15) is 19.2 Å². The van der Waals surface area contributed by atoms with Crippen molar-refractivity contribution in [1.82, 2.24) is 4.90 Å². The molecule has 0 fully saturated rings. The molecule has 2 atom stereocenters. The van der Waals surface area contributed by atoms with Gasteiger partial charge in [-0.05, 0) is 38.1 Å². The monoisotopic (exact) mass is 472 g/mol. The summed E-state index contributed by atoms with van der Waals surface area (Å²) in [6.45, 7) is 3.63. The number of benzene rings is 3. The van der Waals surface area contributed by atoms with E-state index in [2.05, 4.69) is 5.32 Å². The third-order valence-electron chi connectivity index (χ3n) is 5.57. The Morgan fingerprint density at radius 2 is 1.43 bits per heavy atom. The first-order chi connectivity index (χ1) is 16.9. The molecule has 3 aromatic rings. The van der Waals surface area contributed by atoms with Crippen molar-refractivity contribution < 1.29 is 28.7 Å². The van der Waals surface area contributed by atoms with Crippen LogP contribution in [0.1, 0.15) is 46.2 Å². The number of nitrogens with one attached hydrogen (secondary N) is 1. The molecule has 1 heterocycles. The number of imide groups is 1. The predicted molar refractivity (Wildman–Crippen MR) is 128 cm³/mol. The number of ether oxygens (including phenoxy) is 2. The third kappa shape index (κ3) is 4.77. The van der Waals surface area contributed by atoms with Crippen LogP contribution in [0.3, 0.4) is 0 Å². The Hall–Kier alpha value is -4.46. The lowest BCUT2D eigenvalue weighted by Crippen LogP contribution is -2.44. The van der Waals surface area contributed by atoms with E-state index in [1.54, 1.807) is 66.7 Å². The van der Waals surface area contributed by atoms with Gasteiger partial charge in [-0.2, -0.15) is 0 Å². The van der Waals surface area contributed by atoms with Crippen molar-refractivity contribution in [2.24, 2.45) is 0 Å². The normalized spacial score (nSPS) is 14.2. The van der Waals surface area contributed by atoms with Gasteiger partial charge >= 0.3 is 5.97 Å². The van der Waals surface area contributed by atoms with Crippen LogP contribution in [-0.2, 0) is 14.3 Å². The molecule has 0 bridgehead atoms. The highest BCUT2D eigenvalue weighted by Gasteiger charge is 2.42. The summed E-state index contributed by atoms with van der Waals surface area (Å²) in [6.07, 6.45) is -1.32. The van der Waals surface area contributed by atoms with Gasteiger partial charge in [-0.25, -0.2) is 4.79 Å². The molecule has 3 amide bonds. The van der Waals surface area contributed by atoms with E-state index in [1.807, 2.05) is 6.92 Å². The Morgan fingerprint density at radius 1 is 0.857 bits per heavy atom. The van der Waals surface area contributed by atoms with Crippen LogP contribution < -0.4 is 10.1 Å². The van der Waals surface area contributed by atoms with Gasteiger partial charge in [-0.15, -0.1) is 0 Å². The number of rotatable bonds is 8. The van der Waals surface area contributed by atoms with Crippen LogP contribution >= 0.6 is 0 Å². The van der Waals surface area contributed by atoms with Crippen molar-refractivity contribution in [3.63, 3.8) is 0 Å². The molecule has 0 unspecified atom stereocenters. The summed E-state index contributed by atoms with van der Waals surface area (Å²) in [7, 11) is 0. The number of carbonyl (C=O) groups is 4. The van der Waals surface area contributed by atoms with Crippen LogP contribution in [0.25, 0.3) is 0 Å². The van der Waals surface area contributed by atoms with Crippen LogP contribution in [0.4, 0.5) is 5.69 Å². The van der Waals surface area contributed by atoms with Crippen LogP contribution in [0.2, 0.25) is 0 Å². The standard InChI is InChI=1S/C27H24N2O6/c1-3-34-22-16-10-9-15-21(22)28-24(30)23(18-11-5-4-6-12-18)35-27(33)17(2)29-25(31)19-13-7-8-14-20(19)26(29)32/h4-17,23H,3H2,1-2H3,(H,28,30)/t17-,23+/m0/s1. The van der Waals surface area contributed by atoms with E-state index in [-0.39, 0.29) is 11.1 Å². The van der Waals surface area contributed by atoms with Crippen molar-refractivity contribution in [2.75, 3.05) is 11.9 Å². The van der Waals surface area contributed by atoms with Crippen LogP contribution in [0.5, 0.6) is 5.75 Å². The molecule has 1 N–H and O–H groups in total. The van der Waals surface area contributed by atoms with E-state index in [1.165, 1.54) is 19.1 Å². The number of amides is 3. The van der Waals surface area contributed by atoms with Crippen molar-refractivity contribution in [2.45, 2.75) is 26.0 Å². The summed E-state index contributed by atoms with van der Waals surface area (Å²) in [5.41, 5.74) is 1.30. The van der Waals surface area contributed by atoms with Crippen molar-refractivity contribution >= 4 is 29.4 Å². The van der Waals surface area contributed by atoms with Gasteiger partial charge in [-0.1, -0.05) is 54.6 Å². The molecular formula is C27H24N2O6. The third-order valence-corrected chi connectivity index (χ3v) is 5.57. The lowest BCUT2D eigenvalue weighted by Gasteiger charge is -2.24. The predicted octanol–water partition coefficient (Wildman–Crippen LogP) is 3.99. The summed E-state index contributed by atoms with van der Waals surface area (Å²) in [6, 6.07) is 20.5. The number of para-hydroxylation sites is 2. The zero-order chi connectivity index (χ0) is 24.9. The SMILES string of the molecule is CCOc1ccccc1NC(=O)[C@H](OC(=O)[C@H](C)N1C(=O)c2ccccc2C1=O)c1ccccc1. The smallest absolute Gasteiger partial charge is 0.330 e. The maximum Gasteiger partial charge on any atom is 0.330 e. The maximum atomic E-state index is 13.3. The number of esters is 1. The summed E-state index contributed by atoms with van der Waals surface area (Å²) in [5, 5.41) is 2.75. The number of carbonyl (C=O) groups excluding carboxylic acids is 4. The van der Waals surface area contributed by atoms with Gasteiger partial charge in [0, 0.05) is 5.56 Å². The number of hydrogen-bond donors (Lipinski definition) is 1. The number of anilines is 1. The molecule has 8 heteroatoms. The highest BCUT2D eigenvalue weighted by atomic mass is 16.6. The molecule has 8 nitrogen and oxygen atoms in total. The first-order valence-corrected chi connectivity index (χ1v) is 11.2. The zero-order valence-electron chi connectivity index (χ0n) is 19.3. The fourth-order valence-corrected chi connectivity index (χ4v) is 3.83. The molecule has 0 radical (unpaired) electrons. The number of hydrogen-bond acceptors (Lipinski definition) is 6. The minimum atomic E-state index is -1.32. The summed E-state index contributed by atoms with van der Waals surface area (Å²) < 4.78 is 11.2. The molecule has 178 valence electrons. The second-order valence-corrected chi connectivity index (χ2v) is 7.85. The molecule has 4 rings (SSSR count). The van der Waals surface area contributed by atoms with Crippen LogP contribution in [-0.4, -0.2) is 41.2 Å². The topological polar surface area (TPSA) is 102 Å². The lowest BCUT2D eigenvalue weighted by molar-refractivity contribution is -0.158. The van der Waals surface area contributed by atoms with Gasteiger partial charge in [0.1, 0.15) is 11.8 Å². The quantitative estimate of drug-likeness (QED) is 0.393. The Morgan fingerprint density at radius 3 is 2.06 bits per heavy atom. The fraction of sp³-hybridized carbons (Fsp3) is 0.185. The Balaban J connectivity index is 1.57. The number of fused-ring (bicyclic) bond motifs is 1. The Kier molecular flexibility index (Phi) is 6.91. The Labute approximate surface area is 202 Å². The van der Waals surface area contributed by atoms with Gasteiger partial charge in [0.25, 0.3) is 17.7 Å². The summed E-state index contributed by atoms with van der Waals surface area (Å²) in [4.78, 5) is 52.8. The minimum Gasteiger partial charge on any atom is -0.492 e. The van der Waals surface area contributed by atoms with E-state index in [0.29, 0.717) is 23.6 Å². The van der Waals surface area contributed by atoms with E-state index >= 15 is 0 Å². The minimum absolute atomic E-state index is 0.224. The summed E-state index contributed by atoms with van der Waals surface area (Å²) >= 11 is 0.